The van der Waals surface area contributed by atoms with Crippen LogP contribution in [0.25, 0.3) is 10.9 Å². The van der Waals surface area contributed by atoms with Crippen molar-refractivity contribution in [3.8, 4) is 5.75 Å². The minimum Gasteiger partial charge on any atom is -0.491 e. The van der Waals surface area contributed by atoms with E-state index in [-0.39, 0.29) is 0 Å². The zero-order chi connectivity index (χ0) is 18.9. The van der Waals surface area contributed by atoms with Crippen LogP contribution in [0.2, 0.25) is 0 Å². The number of aliphatic hydroxyl groups is 1. The van der Waals surface area contributed by atoms with Crippen LogP contribution in [0.3, 0.4) is 0 Å². The third-order valence-electron chi connectivity index (χ3n) is 5.55. The number of hydrogen-bond acceptors (Lipinski definition) is 3. The van der Waals surface area contributed by atoms with Crippen molar-refractivity contribution >= 4 is 10.9 Å². The van der Waals surface area contributed by atoms with Crippen molar-refractivity contribution in [3.05, 3.63) is 36.0 Å². The second-order valence-electron chi connectivity index (χ2n) is 8.10. The summed E-state index contributed by atoms with van der Waals surface area (Å²) in [5.41, 5.74) is 1.65. The summed E-state index contributed by atoms with van der Waals surface area (Å²) in [6, 6.07) is 10.1. The van der Waals surface area contributed by atoms with Crippen LogP contribution in [0.4, 0.5) is 0 Å². The molecule has 1 aromatic heterocycles. The molecule has 0 amide bonds. The summed E-state index contributed by atoms with van der Waals surface area (Å²) in [6.07, 6.45) is 13.1. The summed E-state index contributed by atoms with van der Waals surface area (Å²) >= 11 is 0. The van der Waals surface area contributed by atoms with Crippen molar-refractivity contribution in [3.63, 3.8) is 0 Å². The van der Waals surface area contributed by atoms with Crippen molar-refractivity contribution in [2.24, 2.45) is 5.92 Å². The van der Waals surface area contributed by atoms with Crippen LogP contribution in [-0.4, -0.2) is 16.7 Å². The van der Waals surface area contributed by atoms with Crippen molar-refractivity contribution in [1.29, 1.82) is 0 Å². The van der Waals surface area contributed by atoms with E-state index < -0.39 is 6.10 Å². The molecule has 3 heteroatoms. The number of aromatic nitrogens is 1. The number of unbranched alkanes of at least 4 members (excludes halogenated alkanes) is 7. The maximum atomic E-state index is 10.6. The lowest BCUT2D eigenvalue weighted by Gasteiger charge is -2.13. The summed E-state index contributed by atoms with van der Waals surface area (Å²) in [7, 11) is 0. The smallest absolute Gasteiger partial charge is 0.145 e. The normalized spacial score (nSPS) is 15.2. The van der Waals surface area contributed by atoms with Gasteiger partial charge in [-0.15, -0.1) is 0 Å². The first kappa shape index (κ1) is 20.1. The molecular weight excluding hydrogens is 334 g/mol. The molecule has 0 bridgehead atoms. The number of hydrogen-bond donors (Lipinski definition) is 1. The van der Waals surface area contributed by atoms with Gasteiger partial charge in [0.2, 0.25) is 0 Å². The number of para-hydroxylation sites is 1. The van der Waals surface area contributed by atoms with Crippen LogP contribution in [0.15, 0.2) is 30.3 Å². The highest BCUT2D eigenvalue weighted by molar-refractivity contribution is 5.84. The molecule has 1 saturated carbocycles. The van der Waals surface area contributed by atoms with Crippen LogP contribution < -0.4 is 4.74 Å². The lowest BCUT2D eigenvalue weighted by molar-refractivity contribution is 0.159. The first-order valence-corrected chi connectivity index (χ1v) is 11.0. The number of fused-ring (bicyclic) bond motifs is 1. The SMILES string of the molecule is CCCCCCCCCCC(O)c1ccc2cccc(OCC3CC3)c2n1. The number of ether oxygens (including phenoxy) is 1. The fraction of sp³-hybridized carbons (Fsp3) is 0.625. The number of benzene rings is 1. The molecule has 1 N–H and O–H groups in total. The van der Waals surface area contributed by atoms with E-state index >= 15 is 0 Å². The number of aliphatic hydroxyl groups excluding tert-OH is 1. The van der Waals surface area contributed by atoms with Gasteiger partial charge in [0.15, 0.2) is 0 Å². The quantitative estimate of drug-likeness (QED) is 0.405. The van der Waals surface area contributed by atoms with Crippen LogP contribution >= 0.6 is 0 Å². The van der Waals surface area contributed by atoms with Crippen LogP contribution in [-0.2, 0) is 0 Å². The van der Waals surface area contributed by atoms with Gasteiger partial charge < -0.3 is 9.84 Å². The molecule has 3 rings (SSSR count). The van der Waals surface area contributed by atoms with Crippen molar-refractivity contribution in [2.45, 2.75) is 83.7 Å². The van der Waals surface area contributed by atoms with E-state index in [9.17, 15) is 5.11 Å². The zero-order valence-electron chi connectivity index (χ0n) is 16.8. The largest absolute Gasteiger partial charge is 0.491 e. The van der Waals surface area contributed by atoms with Crippen molar-refractivity contribution < 1.29 is 9.84 Å². The molecule has 1 heterocycles. The lowest BCUT2D eigenvalue weighted by Crippen LogP contribution is -2.03. The van der Waals surface area contributed by atoms with E-state index in [4.69, 9.17) is 9.72 Å². The molecule has 2 aromatic rings. The summed E-state index contributed by atoms with van der Waals surface area (Å²) in [5.74, 6) is 1.57. The van der Waals surface area contributed by atoms with Crippen LogP contribution in [0.5, 0.6) is 5.75 Å². The summed E-state index contributed by atoms with van der Waals surface area (Å²) in [5, 5.41) is 11.6. The van der Waals surface area contributed by atoms with Gasteiger partial charge in [-0.25, -0.2) is 4.98 Å². The molecule has 1 unspecified atom stereocenters. The average molecular weight is 370 g/mol. The highest BCUT2D eigenvalue weighted by Gasteiger charge is 2.22. The average Bonchev–Trinajstić information content (AvgIpc) is 3.52. The highest BCUT2D eigenvalue weighted by Crippen LogP contribution is 2.32. The van der Waals surface area contributed by atoms with E-state index in [0.717, 1.165) is 47.7 Å². The predicted octanol–water partition coefficient (Wildman–Crippen LogP) is 6.59. The highest BCUT2D eigenvalue weighted by atomic mass is 16.5. The number of pyridine rings is 1. The number of nitrogens with zero attached hydrogens (tertiary/aromatic N) is 1. The monoisotopic (exact) mass is 369 g/mol. The Kier molecular flexibility index (Phi) is 7.94. The molecule has 1 fully saturated rings. The molecule has 0 saturated heterocycles. The van der Waals surface area contributed by atoms with E-state index in [0.29, 0.717) is 0 Å². The first-order valence-electron chi connectivity index (χ1n) is 11.0. The van der Waals surface area contributed by atoms with Gasteiger partial charge >= 0.3 is 0 Å². The molecule has 0 spiro atoms. The second kappa shape index (κ2) is 10.7. The third-order valence-corrected chi connectivity index (χ3v) is 5.55. The first-order chi connectivity index (χ1) is 13.3. The Hall–Kier alpha value is -1.61. The van der Waals surface area contributed by atoms with Gasteiger partial charge in [-0.3, -0.25) is 0 Å². The Morgan fingerprint density at radius 2 is 1.74 bits per heavy atom. The molecule has 1 aromatic carbocycles. The van der Waals surface area contributed by atoms with Gasteiger partial charge in [0.1, 0.15) is 11.3 Å². The van der Waals surface area contributed by atoms with E-state index in [1.54, 1.807) is 0 Å². The molecule has 148 valence electrons. The van der Waals surface area contributed by atoms with Crippen LogP contribution in [0.1, 0.15) is 89.4 Å². The molecule has 0 aliphatic heterocycles. The maximum absolute atomic E-state index is 10.6. The Morgan fingerprint density at radius 3 is 2.48 bits per heavy atom. The molecule has 1 aliphatic rings. The fourth-order valence-corrected chi connectivity index (χ4v) is 3.55. The van der Waals surface area contributed by atoms with Crippen LogP contribution in [0, 0.1) is 5.92 Å². The summed E-state index contributed by atoms with van der Waals surface area (Å²) < 4.78 is 5.99. The molecular formula is C24H35NO2. The van der Waals surface area contributed by atoms with Gasteiger partial charge in [-0.2, -0.15) is 0 Å². The Morgan fingerprint density at radius 1 is 1.00 bits per heavy atom. The molecule has 1 aliphatic carbocycles. The Balaban J connectivity index is 1.48. The Labute approximate surface area is 164 Å². The van der Waals surface area contributed by atoms with Gasteiger partial charge in [-0.05, 0) is 37.3 Å². The summed E-state index contributed by atoms with van der Waals surface area (Å²) in [4.78, 5) is 4.75. The van der Waals surface area contributed by atoms with E-state index in [2.05, 4.69) is 19.1 Å². The Bertz CT molecular complexity index is 696. The molecule has 1 atom stereocenters. The third kappa shape index (κ3) is 6.49. The van der Waals surface area contributed by atoms with Crippen molar-refractivity contribution in [1.82, 2.24) is 4.98 Å². The van der Waals surface area contributed by atoms with Gasteiger partial charge in [0.05, 0.1) is 18.4 Å². The van der Waals surface area contributed by atoms with E-state index in [1.165, 1.54) is 57.8 Å². The zero-order valence-corrected chi connectivity index (χ0v) is 16.8. The summed E-state index contributed by atoms with van der Waals surface area (Å²) in [6.45, 7) is 3.04. The number of rotatable bonds is 13. The minimum absolute atomic E-state index is 0.481. The van der Waals surface area contributed by atoms with Gasteiger partial charge in [-0.1, -0.05) is 76.5 Å². The van der Waals surface area contributed by atoms with Gasteiger partial charge in [0.25, 0.3) is 0 Å². The minimum atomic E-state index is -0.481. The maximum Gasteiger partial charge on any atom is 0.145 e. The fourth-order valence-electron chi connectivity index (χ4n) is 3.55. The van der Waals surface area contributed by atoms with Gasteiger partial charge in [0, 0.05) is 5.39 Å². The topological polar surface area (TPSA) is 42.4 Å². The molecule has 27 heavy (non-hydrogen) atoms. The molecule has 0 radical (unpaired) electrons. The van der Waals surface area contributed by atoms with Crippen molar-refractivity contribution in [2.75, 3.05) is 6.61 Å². The predicted molar refractivity (Wildman–Crippen MR) is 112 cm³/mol. The van der Waals surface area contributed by atoms with E-state index in [1.807, 2.05) is 18.2 Å². The standard InChI is InChI=1S/C24H35NO2/c1-2-3-4-5-6-7-8-9-12-22(26)21-17-16-20-11-10-13-23(24(20)25-21)27-18-19-14-15-19/h10-11,13,16-17,19,22,26H,2-9,12,14-15,18H2,1H3. The molecule has 3 nitrogen and oxygen atoms in total. The second-order valence-corrected chi connectivity index (χ2v) is 8.10. The lowest BCUT2D eigenvalue weighted by atomic mass is 10.0.